The van der Waals surface area contributed by atoms with Gasteiger partial charge in [-0.2, -0.15) is 0 Å². The number of hydrogen-bond donors (Lipinski definition) is 1. The Bertz CT molecular complexity index is 1180. The molecule has 0 aliphatic heterocycles. The minimum Gasteiger partial charge on any atom is -0.469 e. The zero-order valence-electron chi connectivity index (χ0n) is 19.8. The van der Waals surface area contributed by atoms with Gasteiger partial charge in [-0.15, -0.1) is 11.3 Å². The first-order chi connectivity index (χ1) is 16.4. The molecule has 4 rings (SSSR count). The third-order valence-corrected chi connectivity index (χ3v) is 7.80. The van der Waals surface area contributed by atoms with Crippen LogP contribution in [0.5, 0.6) is 0 Å². The molecule has 0 bridgehead atoms. The Hall–Kier alpha value is -2.99. The van der Waals surface area contributed by atoms with Gasteiger partial charge in [0.2, 0.25) is 0 Å². The highest BCUT2D eigenvalue weighted by Gasteiger charge is 2.29. The van der Waals surface area contributed by atoms with E-state index in [0.29, 0.717) is 30.4 Å². The maximum atomic E-state index is 15.1. The fourth-order valence-electron chi connectivity index (χ4n) is 4.83. The first kappa shape index (κ1) is 24.1. The van der Waals surface area contributed by atoms with Crippen LogP contribution in [0.25, 0.3) is 11.1 Å². The lowest BCUT2D eigenvalue weighted by Gasteiger charge is -2.27. The van der Waals surface area contributed by atoms with Crippen LogP contribution in [0.15, 0.2) is 48.5 Å². The minimum absolute atomic E-state index is 0.0303. The van der Waals surface area contributed by atoms with Gasteiger partial charge in [0.25, 0.3) is 5.91 Å². The van der Waals surface area contributed by atoms with Gasteiger partial charge in [-0.25, -0.2) is 4.39 Å². The third-order valence-electron chi connectivity index (χ3n) is 6.74. The molecule has 1 aliphatic carbocycles. The van der Waals surface area contributed by atoms with Crippen LogP contribution in [-0.4, -0.2) is 25.0 Å². The van der Waals surface area contributed by atoms with E-state index in [4.69, 9.17) is 4.74 Å². The first-order valence-corrected chi connectivity index (χ1v) is 12.5. The Morgan fingerprint density at radius 1 is 1.00 bits per heavy atom. The summed E-state index contributed by atoms with van der Waals surface area (Å²) in [6.07, 6.45) is 3.29. The van der Waals surface area contributed by atoms with Crippen molar-refractivity contribution in [3.05, 3.63) is 80.8 Å². The first-order valence-electron chi connectivity index (χ1n) is 11.7. The van der Waals surface area contributed by atoms with Gasteiger partial charge in [-0.05, 0) is 67.9 Å². The van der Waals surface area contributed by atoms with Gasteiger partial charge >= 0.3 is 5.97 Å². The van der Waals surface area contributed by atoms with Crippen molar-refractivity contribution in [1.29, 1.82) is 0 Å². The Morgan fingerprint density at radius 3 is 2.35 bits per heavy atom. The Balaban J connectivity index is 1.49. The number of thiophene rings is 1. The summed E-state index contributed by atoms with van der Waals surface area (Å²) in [5.74, 6) is -0.630. The lowest BCUT2D eigenvalue weighted by atomic mass is 9.86. The molecular weight excluding hydrogens is 449 g/mol. The van der Waals surface area contributed by atoms with Crippen LogP contribution in [0.2, 0.25) is 0 Å². The Labute approximate surface area is 204 Å². The number of amides is 1. The monoisotopic (exact) mass is 479 g/mol. The lowest BCUT2D eigenvalue weighted by Crippen LogP contribution is -2.39. The summed E-state index contributed by atoms with van der Waals surface area (Å²) < 4.78 is 19.9. The molecule has 0 saturated heterocycles. The summed E-state index contributed by atoms with van der Waals surface area (Å²) in [7, 11) is 1.41. The Kier molecular flexibility index (Phi) is 7.47. The quantitative estimate of drug-likeness (QED) is 0.427. The summed E-state index contributed by atoms with van der Waals surface area (Å²) in [4.78, 5) is 27.0. The molecule has 34 heavy (non-hydrogen) atoms. The summed E-state index contributed by atoms with van der Waals surface area (Å²) in [6.45, 7) is 3.93. The van der Waals surface area contributed by atoms with Gasteiger partial charge in [0.1, 0.15) is 5.82 Å². The maximum Gasteiger partial charge on any atom is 0.308 e. The second-order valence-electron chi connectivity index (χ2n) is 8.96. The minimum atomic E-state index is -0.267. The molecule has 1 saturated carbocycles. The number of esters is 1. The number of aryl methyl sites for hydroxylation is 2. The van der Waals surface area contributed by atoms with Crippen molar-refractivity contribution < 1.29 is 18.7 Å². The molecule has 1 heterocycles. The zero-order chi connectivity index (χ0) is 24.2. The van der Waals surface area contributed by atoms with Gasteiger partial charge in [-0.3, -0.25) is 9.59 Å². The van der Waals surface area contributed by atoms with Crippen LogP contribution >= 0.6 is 11.3 Å². The predicted molar refractivity (Wildman–Crippen MR) is 134 cm³/mol. The van der Waals surface area contributed by atoms with E-state index in [1.54, 1.807) is 17.4 Å². The number of halogens is 1. The molecule has 2 aromatic carbocycles. The number of rotatable bonds is 6. The molecule has 6 heteroatoms. The van der Waals surface area contributed by atoms with Crippen molar-refractivity contribution >= 4 is 23.2 Å². The van der Waals surface area contributed by atoms with Crippen molar-refractivity contribution in [2.45, 2.75) is 52.0 Å². The van der Waals surface area contributed by atoms with Gasteiger partial charge in [-0.1, -0.05) is 42.5 Å². The maximum absolute atomic E-state index is 15.1. The third kappa shape index (κ3) is 5.22. The van der Waals surface area contributed by atoms with Crippen molar-refractivity contribution in [1.82, 2.24) is 5.32 Å². The normalized spacial score (nSPS) is 17.9. The topological polar surface area (TPSA) is 55.4 Å². The van der Waals surface area contributed by atoms with Crippen LogP contribution in [0, 0.1) is 25.6 Å². The highest BCUT2D eigenvalue weighted by atomic mass is 32.1. The smallest absolute Gasteiger partial charge is 0.308 e. The van der Waals surface area contributed by atoms with Crippen molar-refractivity contribution in [2.75, 3.05) is 7.11 Å². The summed E-state index contributed by atoms with van der Waals surface area (Å²) in [6, 6.07) is 15.1. The van der Waals surface area contributed by atoms with Gasteiger partial charge < -0.3 is 10.1 Å². The molecule has 1 aromatic heterocycles. The highest BCUT2D eigenvalue weighted by molar-refractivity contribution is 7.12. The number of carbonyl (C=O) groups excluding carboxylic acids is 2. The fraction of sp³-hybridized carbons (Fsp3) is 0.357. The number of benzene rings is 2. The molecule has 0 radical (unpaired) electrons. The zero-order valence-corrected chi connectivity index (χ0v) is 20.6. The SMILES string of the molecule is COC(=O)C1CCC(NC(=O)c2c(C)sc(C)c2Cc2ccc(-c3ccccc3)cc2F)CC1. The van der Waals surface area contributed by atoms with Gasteiger partial charge in [0.05, 0.1) is 18.6 Å². The number of ether oxygens (including phenoxy) is 1. The molecule has 1 aliphatic rings. The van der Waals surface area contributed by atoms with Gasteiger partial charge in [0, 0.05) is 22.2 Å². The van der Waals surface area contributed by atoms with Gasteiger partial charge in [0.15, 0.2) is 0 Å². The molecule has 1 amide bonds. The van der Waals surface area contributed by atoms with Crippen LogP contribution in [0.1, 0.15) is 56.9 Å². The van der Waals surface area contributed by atoms with Crippen molar-refractivity contribution in [3.8, 4) is 11.1 Å². The van der Waals surface area contributed by atoms with Crippen molar-refractivity contribution in [2.24, 2.45) is 5.92 Å². The van der Waals surface area contributed by atoms with E-state index in [2.05, 4.69) is 5.32 Å². The number of hydrogen-bond acceptors (Lipinski definition) is 4. The van der Waals surface area contributed by atoms with E-state index < -0.39 is 0 Å². The second kappa shape index (κ2) is 10.5. The van der Waals surface area contributed by atoms with E-state index in [1.165, 1.54) is 7.11 Å². The standard InChI is InChI=1S/C28H30FNO3S/c1-17-24(15-22-10-9-21(16-25(22)29)19-7-5-4-6-8-19)26(18(2)34-17)27(31)30-23-13-11-20(12-14-23)28(32)33-3/h4-10,16,20,23H,11-15H2,1-3H3,(H,30,31). The molecular formula is C28H30FNO3S. The number of carbonyl (C=O) groups is 2. The highest BCUT2D eigenvalue weighted by Crippen LogP contribution is 2.32. The second-order valence-corrected chi connectivity index (χ2v) is 10.4. The van der Waals surface area contributed by atoms with E-state index in [0.717, 1.165) is 39.3 Å². The molecule has 178 valence electrons. The average Bonchev–Trinajstić information content (AvgIpc) is 3.13. The number of methoxy groups -OCH3 is 1. The molecule has 1 N–H and O–H groups in total. The average molecular weight is 480 g/mol. The van der Waals surface area contributed by atoms with E-state index in [1.807, 2.05) is 56.3 Å². The van der Waals surface area contributed by atoms with Crippen molar-refractivity contribution in [3.63, 3.8) is 0 Å². The Morgan fingerprint density at radius 2 is 1.71 bits per heavy atom. The lowest BCUT2D eigenvalue weighted by molar-refractivity contribution is -0.146. The van der Waals surface area contributed by atoms with Crippen LogP contribution in [0.3, 0.4) is 0 Å². The van der Waals surface area contributed by atoms with E-state index in [-0.39, 0.29) is 29.7 Å². The molecule has 0 unspecified atom stereocenters. The predicted octanol–water partition coefficient (Wildman–Crippen LogP) is 6.22. The molecule has 4 nitrogen and oxygen atoms in total. The molecule has 3 aromatic rings. The summed E-state index contributed by atoms with van der Waals surface area (Å²) in [5, 5.41) is 3.16. The van der Waals surface area contributed by atoms with Crippen LogP contribution < -0.4 is 5.32 Å². The number of nitrogens with one attached hydrogen (secondary N) is 1. The fourth-order valence-corrected chi connectivity index (χ4v) is 5.90. The summed E-state index contributed by atoms with van der Waals surface area (Å²) >= 11 is 1.57. The van der Waals surface area contributed by atoms with E-state index in [9.17, 15) is 9.59 Å². The molecule has 1 fully saturated rings. The molecule has 0 atom stereocenters. The molecule has 0 spiro atoms. The van der Waals surface area contributed by atoms with Crippen LogP contribution in [-0.2, 0) is 16.0 Å². The largest absolute Gasteiger partial charge is 0.469 e. The summed E-state index contributed by atoms with van der Waals surface area (Å²) in [5.41, 5.74) is 3.92. The van der Waals surface area contributed by atoms with Crippen LogP contribution in [0.4, 0.5) is 4.39 Å². The van der Waals surface area contributed by atoms with E-state index >= 15 is 4.39 Å².